The van der Waals surface area contributed by atoms with Gasteiger partial charge in [-0.15, -0.1) is 10.2 Å². The number of hydrogen-bond acceptors (Lipinski definition) is 12. The van der Waals surface area contributed by atoms with Gasteiger partial charge in [-0.2, -0.15) is 20.3 Å². The highest BCUT2D eigenvalue weighted by Gasteiger charge is 2.19. The number of anilines is 2. The maximum Gasteiger partial charge on any atom is 0.244 e. The number of alkyl halides is 1. The summed E-state index contributed by atoms with van der Waals surface area (Å²) in [6.07, 6.45) is 1.55. The maximum atomic E-state index is 5.82. The molecule has 35 heavy (non-hydrogen) atoms. The number of fused-ring (bicyclic) bond motifs is 2. The minimum atomic E-state index is 0.246. The van der Waals surface area contributed by atoms with Gasteiger partial charge in [0, 0.05) is 5.33 Å². The lowest BCUT2D eigenvalue weighted by molar-refractivity contribution is 0.547. The van der Waals surface area contributed by atoms with Gasteiger partial charge in [0.1, 0.15) is 17.0 Å². The van der Waals surface area contributed by atoms with E-state index in [1.54, 1.807) is 10.9 Å². The predicted molar refractivity (Wildman–Crippen MR) is 128 cm³/mol. The van der Waals surface area contributed by atoms with Gasteiger partial charge in [-0.25, -0.2) is 14.6 Å². The first-order chi connectivity index (χ1) is 17.2. The summed E-state index contributed by atoms with van der Waals surface area (Å²) in [4.78, 5) is 22.3. The van der Waals surface area contributed by atoms with E-state index < -0.39 is 0 Å². The van der Waals surface area contributed by atoms with Crippen molar-refractivity contribution in [1.29, 1.82) is 0 Å². The van der Waals surface area contributed by atoms with Gasteiger partial charge in [0.15, 0.2) is 16.9 Å². The van der Waals surface area contributed by atoms with Crippen LogP contribution in [0.2, 0.25) is 0 Å². The molecule has 0 spiro atoms. The van der Waals surface area contributed by atoms with Crippen molar-refractivity contribution in [2.45, 2.75) is 18.8 Å². The first kappa shape index (κ1) is 21.0. The van der Waals surface area contributed by atoms with Crippen molar-refractivity contribution in [1.82, 2.24) is 55.3 Å². The average molecular weight is 534 g/mol. The van der Waals surface area contributed by atoms with Crippen molar-refractivity contribution in [3.63, 3.8) is 0 Å². The number of halogens is 1. The molecule has 0 aliphatic rings. The van der Waals surface area contributed by atoms with Crippen molar-refractivity contribution in [3.8, 4) is 11.5 Å². The monoisotopic (exact) mass is 533 g/mol. The van der Waals surface area contributed by atoms with Crippen molar-refractivity contribution in [2.24, 2.45) is 0 Å². The van der Waals surface area contributed by atoms with Crippen LogP contribution < -0.4 is 10.9 Å². The van der Waals surface area contributed by atoms with Gasteiger partial charge >= 0.3 is 0 Å². The molecule has 0 atom stereocenters. The quantitative estimate of drug-likeness (QED) is 0.202. The molecule has 6 rings (SSSR count). The third-order valence-corrected chi connectivity index (χ3v) is 5.59. The number of nitrogens with zero attached hydrogens (tertiary/aromatic N) is 10. The summed E-state index contributed by atoms with van der Waals surface area (Å²) in [7, 11) is 0. The van der Waals surface area contributed by atoms with Crippen LogP contribution in [-0.4, -0.2) is 55.3 Å². The van der Waals surface area contributed by atoms with Gasteiger partial charge in [0.25, 0.3) is 0 Å². The Morgan fingerprint density at radius 3 is 2.74 bits per heavy atom. The molecule has 0 radical (unpaired) electrons. The molecule has 14 nitrogen and oxygen atoms in total. The van der Waals surface area contributed by atoms with Crippen LogP contribution in [0.3, 0.4) is 0 Å². The van der Waals surface area contributed by atoms with Crippen LogP contribution in [0.1, 0.15) is 17.1 Å². The Kier molecular flexibility index (Phi) is 5.21. The lowest BCUT2D eigenvalue weighted by atomic mass is 10.3. The highest BCUT2D eigenvalue weighted by atomic mass is 79.9. The Morgan fingerprint density at radius 1 is 1.00 bits per heavy atom. The third-order valence-electron chi connectivity index (χ3n) is 5.01. The molecule has 6 heterocycles. The van der Waals surface area contributed by atoms with Crippen molar-refractivity contribution >= 4 is 50.2 Å². The van der Waals surface area contributed by atoms with Crippen LogP contribution in [0.25, 0.3) is 33.8 Å². The Bertz CT molecular complexity index is 1660. The number of nitrogens with one attached hydrogen (secondary N) is 3. The standard InChI is InChI=1S/C20H16BrN13O/c1-10-5-6-14(35-10)15-16-18(34(33-28-16)9-12-4-2-3-11(7-21)23-12)26-20(24-15)31-30-19-22-8-13-17(25-19)29-32-27-13/h2-6,8H,7,9H2,1H3,(H,24,26,31)(H2,22,25,27,29,30,32). The number of aromatic nitrogens is 11. The Balaban J connectivity index is 1.38. The number of aromatic amines is 1. The van der Waals surface area contributed by atoms with E-state index in [1.165, 1.54) is 0 Å². The molecule has 6 aromatic heterocycles. The van der Waals surface area contributed by atoms with E-state index in [9.17, 15) is 0 Å². The zero-order chi connectivity index (χ0) is 23.8. The first-order valence-electron chi connectivity index (χ1n) is 10.4. The molecule has 3 N–H and O–H groups in total. The molecule has 15 heteroatoms. The highest BCUT2D eigenvalue weighted by molar-refractivity contribution is 9.08. The molecule has 6 aromatic rings. The molecule has 0 aromatic carbocycles. The second kappa shape index (κ2) is 8.68. The predicted octanol–water partition coefficient (Wildman–Crippen LogP) is 2.63. The summed E-state index contributed by atoms with van der Waals surface area (Å²) in [6.45, 7) is 2.24. The van der Waals surface area contributed by atoms with Crippen molar-refractivity contribution < 1.29 is 4.42 Å². The smallest absolute Gasteiger partial charge is 0.244 e. The van der Waals surface area contributed by atoms with E-state index in [4.69, 9.17) is 4.42 Å². The zero-order valence-electron chi connectivity index (χ0n) is 18.1. The Morgan fingerprint density at radius 2 is 1.89 bits per heavy atom. The fraction of sp³-hybridized carbons (Fsp3) is 0.150. The molecule has 0 saturated heterocycles. The molecular weight excluding hydrogens is 518 g/mol. The summed E-state index contributed by atoms with van der Waals surface area (Å²) < 4.78 is 7.48. The Labute approximate surface area is 204 Å². The normalized spacial score (nSPS) is 11.4. The molecule has 174 valence electrons. The van der Waals surface area contributed by atoms with Crippen LogP contribution in [0.4, 0.5) is 11.9 Å². The number of aryl methyl sites for hydroxylation is 1. The van der Waals surface area contributed by atoms with Crippen LogP contribution in [0.15, 0.2) is 40.9 Å². The summed E-state index contributed by atoms with van der Waals surface area (Å²) in [5, 5.41) is 19.7. The zero-order valence-corrected chi connectivity index (χ0v) is 19.7. The maximum absolute atomic E-state index is 5.82. The lowest BCUT2D eigenvalue weighted by Gasteiger charge is -2.09. The van der Waals surface area contributed by atoms with Gasteiger partial charge in [0.2, 0.25) is 17.5 Å². The molecule has 0 unspecified atom stereocenters. The number of rotatable bonds is 7. The molecule has 0 saturated carbocycles. The SMILES string of the molecule is Cc1ccc(-c2nc(NNc3ncc4n[nH]nc4n3)nc3c2nnn3Cc2cccc(CBr)n2)o1. The topological polar surface area (TPSA) is 174 Å². The van der Waals surface area contributed by atoms with Gasteiger partial charge < -0.3 is 4.42 Å². The minimum absolute atomic E-state index is 0.246. The van der Waals surface area contributed by atoms with Gasteiger partial charge in [-0.3, -0.25) is 15.8 Å². The highest BCUT2D eigenvalue weighted by Crippen LogP contribution is 2.27. The van der Waals surface area contributed by atoms with Crippen LogP contribution in [0, 0.1) is 6.92 Å². The van der Waals surface area contributed by atoms with Crippen molar-refractivity contribution in [2.75, 3.05) is 10.9 Å². The molecule has 0 amide bonds. The van der Waals surface area contributed by atoms with Crippen LogP contribution in [0.5, 0.6) is 0 Å². The second-order valence-corrected chi connectivity index (χ2v) is 8.02. The molecule has 0 aliphatic heterocycles. The first-order valence-corrected chi connectivity index (χ1v) is 11.5. The van der Waals surface area contributed by atoms with E-state index in [-0.39, 0.29) is 11.9 Å². The summed E-state index contributed by atoms with van der Waals surface area (Å²) >= 11 is 3.44. The van der Waals surface area contributed by atoms with E-state index in [2.05, 4.69) is 77.4 Å². The summed E-state index contributed by atoms with van der Waals surface area (Å²) in [5.41, 5.74) is 10.1. The number of furan rings is 1. The summed E-state index contributed by atoms with van der Waals surface area (Å²) in [5.74, 6) is 1.81. The largest absolute Gasteiger partial charge is 0.460 e. The van der Waals surface area contributed by atoms with Crippen LogP contribution in [-0.2, 0) is 11.9 Å². The molecule has 0 aliphatic carbocycles. The van der Waals surface area contributed by atoms with E-state index >= 15 is 0 Å². The second-order valence-electron chi connectivity index (χ2n) is 7.46. The van der Waals surface area contributed by atoms with E-state index in [0.717, 1.165) is 17.1 Å². The Hall–Kier alpha value is -4.53. The molecular formula is C20H16BrN13O. The number of hydrazine groups is 1. The lowest BCUT2D eigenvalue weighted by Crippen LogP contribution is -2.15. The van der Waals surface area contributed by atoms with Crippen molar-refractivity contribution in [3.05, 3.63) is 53.7 Å². The van der Waals surface area contributed by atoms with Gasteiger partial charge in [-0.1, -0.05) is 27.2 Å². The van der Waals surface area contributed by atoms with Gasteiger partial charge in [0.05, 0.1) is 24.1 Å². The number of pyridine rings is 1. The van der Waals surface area contributed by atoms with Gasteiger partial charge in [-0.05, 0) is 31.2 Å². The van der Waals surface area contributed by atoms with E-state index in [0.29, 0.717) is 45.7 Å². The van der Waals surface area contributed by atoms with E-state index in [1.807, 2.05) is 37.3 Å². The third kappa shape index (κ3) is 4.12. The molecule has 0 fully saturated rings. The fourth-order valence-corrected chi connectivity index (χ4v) is 3.74. The fourth-order valence-electron chi connectivity index (χ4n) is 3.42. The van der Waals surface area contributed by atoms with Crippen LogP contribution >= 0.6 is 15.9 Å². The molecule has 0 bridgehead atoms. The summed E-state index contributed by atoms with van der Waals surface area (Å²) in [6, 6.07) is 9.51. The average Bonchev–Trinajstić information content (AvgIpc) is 3.62. The minimum Gasteiger partial charge on any atom is -0.460 e. The number of hydrogen-bond donors (Lipinski definition) is 3. The number of H-pyrrole nitrogens is 1.